The summed E-state index contributed by atoms with van der Waals surface area (Å²) in [6, 6.07) is 9.90. The van der Waals surface area contributed by atoms with E-state index >= 15 is 0 Å². The Morgan fingerprint density at radius 3 is 2.54 bits per heavy atom. The Bertz CT molecular complexity index is 979. The molecule has 2 aromatic rings. The highest BCUT2D eigenvalue weighted by Gasteiger charge is 2.36. The molecule has 1 aromatic heterocycles. The minimum atomic E-state index is -0.598. The second-order valence-corrected chi connectivity index (χ2v) is 8.12. The lowest BCUT2D eigenvalue weighted by molar-refractivity contribution is -0.145. The summed E-state index contributed by atoms with van der Waals surface area (Å²) in [5.74, 6) is -1.07. The van der Waals surface area contributed by atoms with Crippen molar-refractivity contribution in [1.29, 1.82) is 0 Å². The van der Waals surface area contributed by atoms with Crippen LogP contribution in [0.25, 0.3) is 11.8 Å². The molecule has 0 N–H and O–H groups in total. The van der Waals surface area contributed by atoms with E-state index in [1.165, 1.54) is 0 Å². The lowest BCUT2D eigenvalue weighted by Crippen LogP contribution is -2.34. The first-order chi connectivity index (χ1) is 13.3. The topological polar surface area (TPSA) is 68.6 Å². The van der Waals surface area contributed by atoms with E-state index in [1.54, 1.807) is 13.0 Å². The average molecular weight is 463 g/mol. The smallest absolute Gasteiger partial charge is 0.326 e. The summed E-state index contributed by atoms with van der Waals surface area (Å²) in [6.45, 7) is 5.45. The Morgan fingerprint density at radius 1 is 1.21 bits per heavy atom. The third-order valence-corrected chi connectivity index (χ3v) is 5.74. The molecule has 0 radical (unpaired) electrons. The fourth-order valence-electron chi connectivity index (χ4n) is 3.03. The van der Waals surface area contributed by atoms with E-state index in [0.717, 1.165) is 43.8 Å². The molecule has 146 valence electrons. The number of aryl methyl sites for hydroxylation is 1. The van der Waals surface area contributed by atoms with Crippen LogP contribution in [0.4, 0.5) is 4.79 Å². The number of halogens is 1. The van der Waals surface area contributed by atoms with Crippen LogP contribution in [0.2, 0.25) is 0 Å². The number of aromatic nitrogens is 1. The van der Waals surface area contributed by atoms with Crippen molar-refractivity contribution in [3.63, 3.8) is 0 Å². The van der Waals surface area contributed by atoms with Gasteiger partial charge in [0.1, 0.15) is 6.54 Å². The van der Waals surface area contributed by atoms with Crippen LogP contribution in [-0.2, 0) is 14.3 Å². The Kier molecular flexibility index (Phi) is 6.10. The van der Waals surface area contributed by atoms with Gasteiger partial charge in [0, 0.05) is 21.5 Å². The highest BCUT2D eigenvalue weighted by atomic mass is 79.9. The highest BCUT2D eigenvalue weighted by molar-refractivity contribution is 9.10. The summed E-state index contributed by atoms with van der Waals surface area (Å²) in [7, 11) is 0. The lowest BCUT2D eigenvalue weighted by atomic mass is 10.2. The molecular formula is C20H19BrN2O4S. The molecule has 8 heteroatoms. The third-order valence-electron chi connectivity index (χ3n) is 4.31. The van der Waals surface area contributed by atoms with Crippen LogP contribution in [0.1, 0.15) is 23.9 Å². The number of rotatable bonds is 5. The summed E-state index contributed by atoms with van der Waals surface area (Å²) >= 11 is 4.27. The van der Waals surface area contributed by atoms with E-state index in [1.807, 2.05) is 44.2 Å². The van der Waals surface area contributed by atoms with Crippen molar-refractivity contribution in [1.82, 2.24) is 9.47 Å². The monoisotopic (exact) mass is 462 g/mol. The zero-order chi connectivity index (χ0) is 20.4. The standard InChI is InChI=1S/C20H19BrN2O4S/c1-4-27-18(24)11-22-19(25)17(28-20(22)26)10-14-9-12(2)23(13(14)3)16-7-5-15(21)6-8-16/h5-10H,4,11H2,1-3H3. The summed E-state index contributed by atoms with van der Waals surface area (Å²) in [5, 5.41) is -0.467. The van der Waals surface area contributed by atoms with Gasteiger partial charge in [-0.25, -0.2) is 0 Å². The Labute approximate surface area is 175 Å². The van der Waals surface area contributed by atoms with Crippen molar-refractivity contribution in [2.24, 2.45) is 0 Å². The van der Waals surface area contributed by atoms with E-state index in [4.69, 9.17) is 4.74 Å². The summed E-state index contributed by atoms with van der Waals surface area (Å²) in [5.41, 5.74) is 3.82. The fraction of sp³-hybridized carbons (Fsp3) is 0.250. The van der Waals surface area contributed by atoms with Gasteiger partial charge < -0.3 is 9.30 Å². The molecule has 3 rings (SSSR count). The second kappa shape index (κ2) is 8.36. The Hall–Kier alpha value is -2.32. The molecule has 1 saturated heterocycles. The maximum Gasteiger partial charge on any atom is 0.326 e. The molecular weight excluding hydrogens is 444 g/mol. The van der Waals surface area contributed by atoms with Crippen molar-refractivity contribution in [2.45, 2.75) is 20.8 Å². The molecule has 2 amide bonds. The van der Waals surface area contributed by atoms with Gasteiger partial charge in [0.05, 0.1) is 11.5 Å². The van der Waals surface area contributed by atoms with Gasteiger partial charge in [-0.1, -0.05) is 15.9 Å². The first-order valence-electron chi connectivity index (χ1n) is 8.67. The maximum absolute atomic E-state index is 12.6. The largest absolute Gasteiger partial charge is 0.465 e. The molecule has 2 heterocycles. The SMILES string of the molecule is CCOC(=O)CN1C(=O)SC(=Cc2cc(C)n(-c3ccc(Br)cc3)c2C)C1=O. The molecule has 0 bridgehead atoms. The number of imide groups is 1. The van der Waals surface area contributed by atoms with Crippen molar-refractivity contribution < 1.29 is 19.1 Å². The van der Waals surface area contributed by atoms with Crippen LogP contribution in [0.15, 0.2) is 39.7 Å². The molecule has 6 nitrogen and oxygen atoms in total. The average Bonchev–Trinajstić information content (AvgIpc) is 3.06. The van der Waals surface area contributed by atoms with Crippen LogP contribution in [0.3, 0.4) is 0 Å². The van der Waals surface area contributed by atoms with Gasteiger partial charge in [0.25, 0.3) is 11.1 Å². The normalized spacial score (nSPS) is 15.6. The zero-order valence-corrected chi connectivity index (χ0v) is 18.1. The van der Waals surface area contributed by atoms with E-state index in [2.05, 4.69) is 20.5 Å². The van der Waals surface area contributed by atoms with E-state index in [0.29, 0.717) is 4.91 Å². The first kappa shape index (κ1) is 20.4. The van der Waals surface area contributed by atoms with Crippen molar-refractivity contribution >= 4 is 50.9 Å². The first-order valence-corrected chi connectivity index (χ1v) is 10.3. The molecule has 0 atom stereocenters. The molecule has 0 aliphatic carbocycles. The number of amides is 2. The number of hydrogen-bond acceptors (Lipinski definition) is 5. The van der Waals surface area contributed by atoms with Crippen LogP contribution >= 0.6 is 27.7 Å². The van der Waals surface area contributed by atoms with Gasteiger partial charge in [0.2, 0.25) is 0 Å². The number of hydrogen-bond donors (Lipinski definition) is 0. The predicted molar refractivity (Wildman–Crippen MR) is 112 cm³/mol. The van der Waals surface area contributed by atoms with E-state index in [-0.39, 0.29) is 13.2 Å². The number of esters is 1. The molecule has 0 saturated carbocycles. The number of carbonyl (C=O) groups is 3. The van der Waals surface area contributed by atoms with Gasteiger partial charge in [-0.2, -0.15) is 0 Å². The van der Waals surface area contributed by atoms with Gasteiger partial charge in [-0.3, -0.25) is 19.3 Å². The minimum absolute atomic E-state index is 0.201. The molecule has 28 heavy (non-hydrogen) atoms. The predicted octanol–water partition coefficient (Wildman–Crippen LogP) is 4.46. The van der Waals surface area contributed by atoms with Crippen LogP contribution in [0.5, 0.6) is 0 Å². The summed E-state index contributed by atoms with van der Waals surface area (Å²) in [4.78, 5) is 37.6. The van der Waals surface area contributed by atoms with Crippen LogP contribution in [-0.4, -0.2) is 39.7 Å². The molecule has 0 spiro atoms. The molecule has 1 aliphatic heterocycles. The van der Waals surface area contributed by atoms with E-state index < -0.39 is 17.1 Å². The van der Waals surface area contributed by atoms with Crippen LogP contribution < -0.4 is 0 Å². The van der Waals surface area contributed by atoms with Gasteiger partial charge >= 0.3 is 5.97 Å². The van der Waals surface area contributed by atoms with E-state index in [9.17, 15) is 14.4 Å². The van der Waals surface area contributed by atoms with Gasteiger partial charge in [-0.05, 0) is 74.5 Å². The zero-order valence-electron chi connectivity index (χ0n) is 15.7. The van der Waals surface area contributed by atoms with Crippen LogP contribution in [0, 0.1) is 13.8 Å². The quantitative estimate of drug-likeness (QED) is 0.484. The number of benzene rings is 1. The molecule has 1 aromatic carbocycles. The number of thioether (sulfide) groups is 1. The molecule has 0 unspecified atom stereocenters. The third kappa shape index (κ3) is 4.07. The Morgan fingerprint density at radius 2 is 1.89 bits per heavy atom. The number of carbonyl (C=O) groups excluding carboxylic acids is 3. The highest BCUT2D eigenvalue weighted by Crippen LogP contribution is 2.33. The second-order valence-electron chi connectivity index (χ2n) is 6.21. The maximum atomic E-state index is 12.6. The van der Waals surface area contributed by atoms with Crippen molar-refractivity contribution in [3.8, 4) is 5.69 Å². The molecule has 1 aliphatic rings. The summed E-state index contributed by atoms with van der Waals surface area (Å²) in [6.07, 6.45) is 1.70. The summed E-state index contributed by atoms with van der Waals surface area (Å²) < 4.78 is 7.91. The van der Waals surface area contributed by atoms with Crippen molar-refractivity contribution in [2.75, 3.05) is 13.2 Å². The Balaban J connectivity index is 1.89. The van der Waals surface area contributed by atoms with Gasteiger partial charge in [-0.15, -0.1) is 0 Å². The fourth-order valence-corrected chi connectivity index (χ4v) is 4.13. The number of ether oxygens (including phenoxy) is 1. The molecule has 1 fully saturated rings. The minimum Gasteiger partial charge on any atom is -0.465 e. The lowest BCUT2D eigenvalue weighted by Gasteiger charge is -2.11. The van der Waals surface area contributed by atoms with Crippen molar-refractivity contribution in [3.05, 3.63) is 56.7 Å². The number of nitrogens with zero attached hydrogens (tertiary/aromatic N) is 2. The van der Waals surface area contributed by atoms with Gasteiger partial charge in [0.15, 0.2) is 0 Å².